The van der Waals surface area contributed by atoms with Crippen molar-refractivity contribution < 1.29 is 23.6 Å². The molecule has 0 radical (unpaired) electrons. The zero-order valence-corrected chi connectivity index (χ0v) is 14.0. The molecule has 1 N–H and O–H groups in total. The average Bonchev–Trinajstić information content (AvgIpc) is 2.57. The molecule has 0 bridgehead atoms. The molecule has 7 nitrogen and oxygen atoms in total. The van der Waals surface area contributed by atoms with Crippen molar-refractivity contribution in [2.24, 2.45) is 0 Å². The minimum atomic E-state index is -0.967. The number of non-ortho nitro benzene ring substituents is 1. The summed E-state index contributed by atoms with van der Waals surface area (Å²) >= 11 is 5.66. The van der Waals surface area contributed by atoms with E-state index in [-0.39, 0.29) is 27.9 Å². The molecule has 25 heavy (non-hydrogen) atoms. The standard InChI is InChI=1S/C16H14ClFN2O5/c1-9(25-11-4-5-13(18)12(17)8-11)16(21)19-14-7-10(20(22)23)3-6-15(14)24-2/h3-9H,1-2H3,(H,19,21)/t9-/m1/s1. The lowest BCUT2D eigenvalue weighted by Crippen LogP contribution is -2.30. The summed E-state index contributed by atoms with van der Waals surface area (Å²) in [7, 11) is 1.37. The molecule has 0 aliphatic rings. The topological polar surface area (TPSA) is 90.7 Å². The molecule has 1 atom stereocenters. The monoisotopic (exact) mass is 368 g/mol. The van der Waals surface area contributed by atoms with Crippen molar-refractivity contribution in [3.63, 3.8) is 0 Å². The van der Waals surface area contributed by atoms with Gasteiger partial charge in [0.05, 0.1) is 22.7 Å². The van der Waals surface area contributed by atoms with E-state index in [2.05, 4.69) is 5.32 Å². The van der Waals surface area contributed by atoms with Crippen molar-refractivity contribution >= 4 is 28.9 Å². The highest BCUT2D eigenvalue weighted by Crippen LogP contribution is 2.29. The van der Waals surface area contributed by atoms with Crippen LogP contribution in [0.3, 0.4) is 0 Å². The number of methoxy groups -OCH3 is 1. The molecule has 0 fully saturated rings. The van der Waals surface area contributed by atoms with E-state index in [0.717, 1.165) is 6.07 Å². The molecule has 0 aromatic heterocycles. The summed E-state index contributed by atoms with van der Waals surface area (Å²) in [6.07, 6.45) is -0.967. The second kappa shape index (κ2) is 7.80. The lowest BCUT2D eigenvalue weighted by Gasteiger charge is -2.16. The van der Waals surface area contributed by atoms with Crippen LogP contribution in [0.2, 0.25) is 5.02 Å². The first-order valence-electron chi connectivity index (χ1n) is 7.07. The largest absolute Gasteiger partial charge is 0.495 e. The maximum Gasteiger partial charge on any atom is 0.271 e. The summed E-state index contributed by atoms with van der Waals surface area (Å²) in [5, 5.41) is 13.2. The lowest BCUT2D eigenvalue weighted by molar-refractivity contribution is -0.384. The summed E-state index contributed by atoms with van der Waals surface area (Å²) in [6.45, 7) is 1.47. The van der Waals surface area contributed by atoms with E-state index in [0.29, 0.717) is 0 Å². The lowest BCUT2D eigenvalue weighted by atomic mass is 10.2. The maximum absolute atomic E-state index is 13.1. The Morgan fingerprint density at radius 2 is 2.04 bits per heavy atom. The number of hydrogen-bond acceptors (Lipinski definition) is 5. The van der Waals surface area contributed by atoms with Gasteiger partial charge >= 0.3 is 0 Å². The van der Waals surface area contributed by atoms with E-state index >= 15 is 0 Å². The predicted octanol–water partition coefficient (Wildman–Crippen LogP) is 3.80. The van der Waals surface area contributed by atoms with Crippen molar-refractivity contribution in [3.8, 4) is 11.5 Å². The number of carbonyl (C=O) groups is 1. The smallest absolute Gasteiger partial charge is 0.271 e. The molecule has 0 aliphatic heterocycles. The van der Waals surface area contributed by atoms with Crippen molar-refractivity contribution in [3.05, 3.63) is 57.4 Å². The van der Waals surface area contributed by atoms with Gasteiger partial charge in [0.1, 0.15) is 17.3 Å². The van der Waals surface area contributed by atoms with Gasteiger partial charge in [0.15, 0.2) is 6.10 Å². The van der Waals surface area contributed by atoms with Crippen molar-refractivity contribution in [2.45, 2.75) is 13.0 Å². The Balaban J connectivity index is 2.13. The van der Waals surface area contributed by atoms with Gasteiger partial charge in [-0.3, -0.25) is 14.9 Å². The Bertz CT molecular complexity index is 815. The summed E-state index contributed by atoms with van der Waals surface area (Å²) < 4.78 is 23.6. The minimum Gasteiger partial charge on any atom is -0.495 e. The number of ether oxygens (including phenoxy) is 2. The van der Waals surface area contributed by atoms with Gasteiger partial charge in [-0.25, -0.2) is 4.39 Å². The molecule has 0 spiro atoms. The van der Waals surface area contributed by atoms with Crippen LogP contribution in [0.5, 0.6) is 11.5 Å². The predicted molar refractivity (Wildman–Crippen MR) is 89.8 cm³/mol. The third-order valence-electron chi connectivity index (χ3n) is 3.22. The van der Waals surface area contributed by atoms with Gasteiger partial charge in [0, 0.05) is 18.2 Å². The number of amides is 1. The SMILES string of the molecule is COc1ccc([N+](=O)[O-])cc1NC(=O)[C@@H](C)Oc1ccc(F)c(Cl)c1. The first-order valence-corrected chi connectivity index (χ1v) is 7.44. The van der Waals surface area contributed by atoms with Crippen LogP contribution >= 0.6 is 11.6 Å². The zero-order chi connectivity index (χ0) is 18.6. The minimum absolute atomic E-state index is 0.134. The number of hydrogen-bond donors (Lipinski definition) is 1. The third kappa shape index (κ3) is 4.57. The number of nitro groups is 1. The molecule has 2 aromatic rings. The molecule has 1 amide bonds. The number of anilines is 1. The molecule has 0 saturated heterocycles. The first-order chi connectivity index (χ1) is 11.8. The number of rotatable bonds is 6. The Kier molecular flexibility index (Phi) is 5.76. The molecular weight excluding hydrogens is 355 g/mol. The summed E-state index contributed by atoms with van der Waals surface area (Å²) in [4.78, 5) is 22.5. The Morgan fingerprint density at radius 1 is 1.32 bits per heavy atom. The van der Waals surface area contributed by atoms with Gasteiger partial charge in [-0.1, -0.05) is 11.6 Å². The Morgan fingerprint density at radius 3 is 2.64 bits per heavy atom. The number of nitrogens with zero attached hydrogens (tertiary/aromatic N) is 1. The molecule has 132 valence electrons. The van der Waals surface area contributed by atoms with Crippen LogP contribution in [0.25, 0.3) is 0 Å². The van der Waals surface area contributed by atoms with Crippen LogP contribution in [-0.4, -0.2) is 24.0 Å². The van der Waals surface area contributed by atoms with Gasteiger partial charge in [-0.15, -0.1) is 0 Å². The van der Waals surface area contributed by atoms with Crippen LogP contribution < -0.4 is 14.8 Å². The average molecular weight is 369 g/mol. The highest BCUT2D eigenvalue weighted by atomic mass is 35.5. The maximum atomic E-state index is 13.1. The second-order valence-corrected chi connectivity index (χ2v) is 5.37. The van der Waals surface area contributed by atoms with E-state index in [1.54, 1.807) is 0 Å². The van der Waals surface area contributed by atoms with Crippen molar-refractivity contribution in [1.82, 2.24) is 0 Å². The Labute approximate surface area is 147 Å². The normalized spacial score (nSPS) is 11.5. The molecule has 2 rings (SSSR count). The highest BCUT2D eigenvalue weighted by Gasteiger charge is 2.19. The van der Waals surface area contributed by atoms with E-state index in [9.17, 15) is 19.3 Å². The van der Waals surface area contributed by atoms with E-state index in [4.69, 9.17) is 21.1 Å². The number of nitro benzene ring substituents is 1. The van der Waals surface area contributed by atoms with Gasteiger partial charge in [0.2, 0.25) is 0 Å². The number of halogens is 2. The van der Waals surface area contributed by atoms with Crippen LogP contribution in [0.4, 0.5) is 15.8 Å². The molecule has 9 heteroatoms. The summed E-state index contributed by atoms with van der Waals surface area (Å²) in [5.41, 5.74) is -0.0655. The van der Waals surface area contributed by atoms with E-state index in [1.165, 1.54) is 44.4 Å². The van der Waals surface area contributed by atoms with E-state index < -0.39 is 22.8 Å². The molecular formula is C16H14ClFN2O5. The highest BCUT2D eigenvalue weighted by molar-refractivity contribution is 6.30. The molecule has 0 unspecified atom stereocenters. The van der Waals surface area contributed by atoms with Crippen LogP contribution in [0.1, 0.15) is 6.92 Å². The van der Waals surface area contributed by atoms with Crippen molar-refractivity contribution in [2.75, 3.05) is 12.4 Å². The van der Waals surface area contributed by atoms with Gasteiger partial charge in [-0.2, -0.15) is 0 Å². The van der Waals surface area contributed by atoms with Crippen LogP contribution in [0, 0.1) is 15.9 Å². The fourth-order valence-electron chi connectivity index (χ4n) is 1.95. The fraction of sp³-hybridized carbons (Fsp3) is 0.188. The molecule has 2 aromatic carbocycles. The van der Waals surface area contributed by atoms with Gasteiger partial charge in [-0.05, 0) is 25.1 Å². The Hall–Kier alpha value is -2.87. The molecule has 0 aliphatic carbocycles. The number of carbonyl (C=O) groups excluding carboxylic acids is 1. The van der Waals surface area contributed by atoms with Gasteiger partial charge in [0.25, 0.3) is 11.6 Å². The van der Waals surface area contributed by atoms with Crippen LogP contribution in [0.15, 0.2) is 36.4 Å². The first kappa shape index (κ1) is 18.5. The van der Waals surface area contributed by atoms with E-state index in [1.807, 2.05) is 0 Å². The third-order valence-corrected chi connectivity index (χ3v) is 3.51. The van der Waals surface area contributed by atoms with Crippen molar-refractivity contribution in [1.29, 1.82) is 0 Å². The summed E-state index contributed by atoms with van der Waals surface area (Å²) in [5.74, 6) is -0.706. The second-order valence-electron chi connectivity index (χ2n) is 4.97. The zero-order valence-electron chi connectivity index (χ0n) is 13.3. The molecule has 0 saturated carbocycles. The summed E-state index contributed by atoms with van der Waals surface area (Å²) in [6, 6.07) is 7.51. The van der Waals surface area contributed by atoms with Gasteiger partial charge < -0.3 is 14.8 Å². The number of nitrogens with one attached hydrogen (secondary N) is 1. The molecule has 0 heterocycles. The fourth-order valence-corrected chi connectivity index (χ4v) is 2.12. The number of benzene rings is 2. The van der Waals surface area contributed by atoms with Crippen LogP contribution in [-0.2, 0) is 4.79 Å². The quantitative estimate of drug-likeness (QED) is 0.618.